The number of anilines is 1. The molecule has 0 fully saturated rings. The van der Waals surface area contributed by atoms with E-state index in [0.717, 1.165) is 12.0 Å². The number of rotatable bonds is 4. The summed E-state index contributed by atoms with van der Waals surface area (Å²) in [5.41, 5.74) is 2.01. The summed E-state index contributed by atoms with van der Waals surface area (Å²) >= 11 is 0. The van der Waals surface area contributed by atoms with Crippen LogP contribution in [-0.4, -0.2) is 11.8 Å². The van der Waals surface area contributed by atoms with Gasteiger partial charge in [-0.25, -0.2) is 4.39 Å². The molecule has 0 aliphatic rings. The van der Waals surface area contributed by atoms with Crippen LogP contribution in [0, 0.1) is 5.82 Å². The van der Waals surface area contributed by atoms with Gasteiger partial charge in [-0.15, -0.1) is 0 Å². The van der Waals surface area contributed by atoms with Crippen LogP contribution in [0.3, 0.4) is 0 Å². The minimum absolute atomic E-state index is 0.0340. The van der Waals surface area contributed by atoms with Crippen LogP contribution in [0.1, 0.15) is 18.1 Å². The van der Waals surface area contributed by atoms with Gasteiger partial charge in [0.15, 0.2) is 0 Å². The van der Waals surface area contributed by atoms with Crippen molar-refractivity contribution < 1.29 is 14.0 Å². The van der Waals surface area contributed by atoms with E-state index < -0.39 is 17.6 Å². The number of halogens is 1. The normalized spacial score (nSPS) is 10.1. The van der Waals surface area contributed by atoms with Crippen molar-refractivity contribution in [1.29, 1.82) is 0 Å². The molecule has 2 N–H and O–H groups in total. The van der Waals surface area contributed by atoms with Crippen molar-refractivity contribution in [2.45, 2.75) is 19.9 Å². The molecule has 0 radical (unpaired) electrons. The fraction of sp³-hybridized carbons (Fsp3) is 0.176. The first kappa shape index (κ1) is 15.7. The summed E-state index contributed by atoms with van der Waals surface area (Å²) in [6.45, 7) is 2.00. The zero-order valence-electron chi connectivity index (χ0n) is 12.2. The van der Waals surface area contributed by atoms with E-state index in [1.165, 1.54) is 6.07 Å². The first-order valence-corrected chi connectivity index (χ1v) is 7.01. The molecule has 0 heterocycles. The van der Waals surface area contributed by atoms with E-state index in [1.54, 1.807) is 30.3 Å². The second-order valence-electron chi connectivity index (χ2n) is 4.78. The molecule has 2 amide bonds. The molecule has 0 atom stereocenters. The first-order valence-electron chi connectivity index (χ1n) is 7.01. The molecule has 0 bridgehead atoms. The van der Waals surface area contributed by atoms with Crippen molar-refractivity contribution in [2.75, 3.05) is 5.32 Å². The number of carbonyl (C=O) groups is 2. The molecule has 2 rings (SSSR count). The molecule has 0 aliphatic carbocycles. The van der Waals surface area contributed by atoms with Crippen LogP contribution in [-0.2, 0) is 22.6 Å². The Kier molecular flexibility index (Phi) is 5.25. The predicted molar refractivity (Wildman–Crippen MR) is 82.7 cm³/mol. The summed E-state index contributed by atoms with van der Waals surface area (Å²) in [7, 11) is 0. The van der Waals surface area contributed by atoms with E-state index >= 15 is 0 Å². The average Bonchev–Trinajstić information content (AvgIpc) is 2.54. The lowest BCUT2D eigenvalue weighted by Crippen LogP contribution is -2.35. The monoisotopic (exact) mass is 300 g/mol. The number of hydrogen-bond donors (Lipinski definition) is 2. The third-order valence-corrected chi connectivity index (χ3v) is 3.22. The Balaban J connectivity index is 1.89. The fourth-order valence-electron chi connectivity index (χ4n) is 1.91. The summed E-state index contributed by atoms with van der Waals surface area (Å²) in [6, 6.07) is 13.3. The third kappa shape index (κ3) is 4.15. The number of hydrogen-bond acceptors (Lipinski definition) is 2. The van der Waals surface area contributed by atoms with Crippen LogP contribution in [0.5, 0.6) is 0 Å². The minimum Gasteiger partial charge on any atom is -0.344 e. The molecule has 114 valence electrons. The highest BCUT2D eigenvalue weighted by atomic mass is 19.1. The minimum atomic E-state index is -0.803. The van der Waals surface area contributed by atoms with E-state index in [9.17, 15) is 14.0 Å². The lowest BCUT2D eigenvalue weighted by atomic mass is 10.1. The topological polar surface area (TPSA) is 58.2 Å². The molecule has 0 aliphatic heterocycles. The number of amides is 2. The molecular formula is C17H17FN2O2. The molecule has 2 aromatic rings. The lowest BCUT2D eigenvalue weighted by Gasteiger charge is -2.07. The Morgan fingerprint density at radius 1 is 1.00 bits per heavy atom. The van der Waals surface area contributed by atoms with Gasteiger partial charge in [0.25, 0.3) is 0 Å². The highest BCUT2D eigenvalue weighted by molar-refractivity contribution is 6.39. The largest absolute Gasteiger partial charge is 0.344 e. The Morgan fingerprint density at radius 2 is 1.68 bits per heavy atom. The van der Waals surface area contributed by atoms with Gasteiger partial charge in [-0.05, 0) is 30.2 Å². The molecule has 22 heavy (non-hydrogen) atoms. The van der Waals surface area contributed by atoms with E-state index in [0.29, 0.717) is 11.3 Å². The molecular weight excluding hydrogens is 283 g/mol. The van der Waals surface area contributed by atoms with Gasteiger partial charge in [-0.3, -0.25) is 9.59 Å². The molecule has 2 aromatic carbocycles. The van der Waals surface area contributed by atoms with Crippen LogP contribution in [0.25, 0.3) is 0 Å². The summed E-state index contributed by atoms with van der Waals surface area (Å²) in [5.74, 6) is -2.00. The first-order chi connectivity index (χ1) is 10.6. The third-order valence-electron chi connectivity index (χ3n) is 3.22. The molecule has 0 saturated carbocycles. The van der Waals surface area contributed by atoms with Crippen molar-refractivity contribution in [1.82, 2.24) is 5.32 Å². The Bertz CT molecular complexity index is 669. The van der Waals surface area contributed by atoms with E-state index in [-0.39, 0.29) is 6.54 Å². The zero-order chi connectivity index (χ0) is 15.9. The second-order valence-corrected chi connectivity index (χ2v) is 4.78. The number of aryl methyl sites for hydroxylation is 1. The smallest absolute Gasteiger partial charge is 0.313 e. The Morgan fingerprint density at radius 3 is 2.32 bits per heavy atom. The van der Waals surface area contributed by atoms with E-state index in [4.69, 9.17) is 0 Å². The average molecular weight is 300 g/mol. The van der Waals surface area contributed by atoms with E-state index in [1.807, 2.05) is 19.1 Å². The van der Waals surface area contributed by atoms with E-state index in [2.05, 4.69) is 10.6 Å². The standard InChI is InChI=1S/C17H17FN2O2/c1-2-12-7-9-14(10-8-12)20-17(22)16(21)19-11-13-5-3-4-6-15(13)18/h3-10H,2,11H2,1H3,(H,19,21)(H,20,22). The van der Waals surface area contributed by atoms with Gasteiger partial charge in [0.2, 0.25) is 0 Å². The van der Waals surface area contributed by atoms with Crippen LogP contribution < -0.4 is 10.6 Å². The molecule has 0 spiro atoms. The zero-order valence-corrected chi connectivity index (χ0v) is 12.2. The van der Waals surface area contributed by atoms with Gasteiger partial charge in [-0.2, -0.15) is 0 Å². The number of nitrogens with one attached hydrogen (secondary N) is 2. The van der Waals surface area contributed by atoms with Crippen molar-refractivity contribution in [3.63, 3.8) is 0 Å². The van der Waals surface area contributed by atoms with Crippen LogP contribution in [0.4, 0.5) is 10.1 Å². The van der Waals surface area contributed by atoms with Crippen molar-refractivity contribution in [3.8, 4) is 0 Å². The fourth-order valence-corrected chi connectivity index (χ4v) is 1.91. The van der Waals surface area contributed by atoms with Crippen LogP contribution in [0.15, 0.2) is 48.5 Å². The SMILES string of the molecule is CCc1ccc(NC(=O)C(=O)NCc2ccccc2F)cc1. The highest BCUT2D eigenvalue weighted by Gasteiger charge is 2.14. The van der Waals surface area contributed by atoms with Gasteiger partial charge in [0.05, 0.1) is 0 Å². The van der Waals surface area contributed by atoms with Gasteiger partial charge >= 0.3 is 11.8 Å². The van der Waals surface area contributed by atoms with Crippen LogP contribution in [0.2, 0.25) is 0 Å². The molecule has 0 unspecified atom stereocenters. The maximum atomic E-state index is 13.4. The lowest BCUT2D eigenvalue weighted by molar-refractivity contribution is -0.136. The molecule has 0 saturated heterocycles. The van der Waals surface area contributed by atoms with Crippen molar-refractivity contribution in [2.24, 2.45) is 0 Å². The molecule has 4 nitrogen and oxygen atoms in total. The summed E-state index contributed by atoms with van der Waals surface area (Å²) in [5, 5.41) is 4.89. The van der Waals surface area contributed by atoms with Gasteiger partial charge < -0.3 is 10.6 Å². The molecule has 5 heteroatoms. The summed E-state index contributed by atoms with van der Waals surface area (Å²) < 4.78 is 13.4. The maximum Gasteiger partial charge on any atom is 0.313 e. The Labute approximate surface area is 128 Å². The summed E-state index contributed by atoms with van der Waals surface area (Å²) in [6.07, 6.45) is 0.900. The van der Waals surface area contributed by atoms with Gasteiger partial charge in [0, 0.05) is 17.8 Å². The number of benzene rings is 2. The maximum absolute atomic E-state index is 13.4. The second kappa shape index (κ2) is 7.36. The van der Waals surface area contributed by atoms with Crippen molar-refractivity contribution >= 4 is 17.5 Å². The quantitative estimate of drug-likeness (QED) is 0.853. The highest BCUT2D eigenvalue weighted by Crippen LogP contribution is 2.10. The number of carbonyl (C=O) groups excluding carboxylic acids is 2. The summed E-state index contributed by atoms with van der Waals surface area (Å²) in [4.78, 5) is 23.5. The predicted octanol–water partition coefficient (Wildman–Crippen LogP) is 2.64. The van der Waals surface area contributed by atoms with Gasteiger partial charge in [0.1, 0.15) is 5.82 Å². The van der Waals surface area contributed by atoms with Crippen LogP contribution >= 0.6 is 0 Å². The van der Waals surface area contributed by atoms with Crippen molar-refractivity contribution in [3.05, 3.63) is 65.5 Å². The Hall–Kier alpha value is -2.69. The molecule has 0 aromatic heterocycles. The van der Waals surface area contributed by atoms with Gasteiger partial charge in [-0.1, -0.05) is 37.3 Å².